The van der Waals surface area contributed by atoms with Crippen LogP contribution in [0.2, 0.25) is 0 Å². The van der Waals surface area contributed by atoms with E-state index in [1.807, 2.05) is 36.4 Å². The first-order valence-electron chi connectivity index (χ1n) is 9.71. The number of aliphatic hydroxyl groups excluding tert-OH is 1. The summed E-state index contributed by atoms with van der Waals surface area (Å²) >= 11 is 0. The maximum atomic E-state index is 13.9. The summed E-state index contributed by atoms with van der Waals surface area (Å²) in [4.78, 5) is 26.8. The van der Waals surface area contributed by atoms with Crippen LogP contribution in [0.1, 0.15) is 35.4 Å². The van der Waals surface area contributed by atoms with E-state index in [1.165, 1.54) is 0 Å². The number of hydrogen-bond acceptors (Lipinski definition) is 5. The molecule has 1 saturated carbocycles. The van der Waals surface area contributed by atoms with Gasteiger partial charge in [-0.2, -0.15) is 0 Å². The summed E-state index contributed by atoms with van der Waals surface area (Å²) in [5, 5.41) is 13.0. The van der Waals surface area contributed by atoms with Gasteiger partial charge in [0.1, 0.15) is 17.3 Å². The van der Waals surface area contributed by atoms with Gasteiger partial charge in [0.25, 0.3) is 0 Å². The number of carbonyl (C=O) groups is 2. The van der Waals surface area contributed by atoms with Crippen LogP contribution in [0, 0.1) is 5.41 Å². The molecular formula is C24H20O5. The predicted octanol–water partition coefficient (Wildman–Crippen LogP) is 3.84. The monoisotopic (exact) mass is 388 g/mol. The SMILES string of the molecule is CCOC(=O)[C@@]12C[C@]1(C(=O)c1cccc3ccccc13)[C@H](O)c1ccccc1O2. The zero-order chi connectivity index (χ0) is 20.2. The lowest BCUT2D eigenvalue weighted by atomic mass is 9.79. The topological polar surface area (TPSA) is 72.8 Å². The lowest BCUT2D eigenvalue weighted by molar-refractivity contribution is -0.158. The van der Waals surface area contributed by atoms with Crippen LogP contribution in [0.15, 0.2) is 66.7 Å². The van der Waals surface area contributed by atoms with E-state index < -0.39 is 23.1 Å². The fourth-order valence-corrected chi connectivity index (χ4v) is 4.64. The van der Waals surface area contributed by atoms with Gasteiger partial charge in [0.05, 0.1) is 6.61 Å². The fourth-order valence-electron chi connectivity index (χ4n) is 4.64. The second kappa shape index (κ2) is 6.16. The van der Waals surface area contributed by atoms with Gasteiger partial charge in [-0.3, -0.25) is 4.79 Å². The number of hydrogen-bond donors (Lipinski definition) is 1. The third kappa shape index (κ3) is 2.25. The van der Waals surface area contributed by atoms with Gasteiger partial charge in [-0.1, -0.05) is 60.7 Å². The van der Waals surface area contributed by atoms with Gasteiger partial charge in [-0.25, -0.2) is 4.79 Å². The van der Waals surface area contributed by atoms with Gasteiger partial charge in [0, 0.05) is 17.5 Å². The first-order valence-corrected chi connectivity index (χ1v) is 9.71. The minimum atomic E-state index is -1.51. The highest BCUT2D eigenvalue weighted by Crippen LogP contribution is 2.70. The van der Waals surface area contributed by atoms with E-state index in [4.69, 9.17) is 9.47 Å². The number of fused-ring (bicyclic) bond motifs is 3. The van der Waals surface area contributed by atoms with E-state index in [-0.39, 0.29) is 18.8 Å². The predicted molar refractivity (Wildman–Crippen MR) is 107 cm³/mol. The Kier molecular flexibility index (Phi) is 3.80. The Bertz CT molecular complexity index is 1150. The molecule has 0 bridgehead atoms. The van der Waals surface area contributed by atoms with Gasteiger partial charge in [-0.05, 0) is 23.8 Å². The number of carbonyl (C=O) groups excluding carboxylic acids is 2. The Morgan fingerprint density at radius 3 is 2.62 bits per heavy atom. The third-order valence-electron chi connectivity index (χ3n) is 6.13. The highest BCUT2D eigenvalue weighted by Gasteiger charge is 2.84. The Balaban J connectivity index is 1.69. The number of rotatable bonds is 4. The van der Waals surface area contributed by atoms with Crippen LogP contribution in [0.4, 0.5) is 0 Å². The third-order valence-corrected chi connectivity index (χ3v) is 6.13. The molecule has 146 valence electrons. The number of aliphatic hydroxyl groups is 1. The zero-order valence-corrected chi connectivity index (χ0v) is 15.9. The van der Waals surface area contributed by atoms with Crippen LogP contribution in [-0.2, 0) is 9.53 Å². The number of ether oxygens (including phenoxy) is 2. The van der Waals surface area contributed by atoms with Crippen LogP contribution in [-0.4, -0.2) is 29.1 Å². The van der Waals surface area contributed by atoms with Crippen molar-refractivity contribution in [3.05, 3.63) is 77.9 Å². The first kappa shape index (κ1) is 17.9. The number of Topliss-reactive ketones (excluding diaryl/α,β-unsaturated/α-hetero) is 1. The molecule has 1 aliphatic carbocycles. The number of ketones is 1. The average Bonchev–Trinajstić information content (AvgIpc) is 3.45. The van der Waals surface area contributed by atoms with E-state index in [2.05, 4.69) is 0 Å². The maximum Gasteiger partial charge on any atom is 0.351 e. The second-order valence-electron chi connectivity index (χ2n) is 7.59. The summed E-state index contributed by atoms with van der Waals surface area (Å²) in [5.41, 5.74) is -1.93. The van der Waals surface area contributed by atoms with Gasteiger partial charge < -0.3 is 14.6 Å². The van der Waals surface area contributed by atoms with E-state index >= 15 is 0 Å². The number of benzene rings is 3. The van der Waals surface area contributed by atoms with Crippen molar-refractivity contribution in [1.82, 2.24) is 0 Å². The van der Waals surface area contributed by atoms with E-state index in [0.29, 0.717) is 16.9 Å². The van der Waals surface area contributed by atoms with Crippen molar-refractivity contribution in [3.63, 3.8) is 0 Å². The summed E-state index contributed by atoms with van der Waals surface area (Å²) in [6.45, 7) is 1.87. The molecule has 5 rings (SSSR count). The molecule has 1 aliphatic heterocycles. The fraction of sp³-hybridized carbons (Fsp3) is 0.250. The van der Waals surface area contributed by atoms with Crippen LogP contribution >= 0.6 is 0 Å². The van der Waals surface area contributed by atoms with Crippen molar-refractivity contribution in [2.75, 3.05) is 6.61 Å². The molecule has 29 heavy (non-hydrogen) atoms. The van der Waals surface area contributed by atoms with Crippen LogP contribution in [0.25, 0.3) is 10.8 Å². The lowest BCUT2D eigenvalue weighted by Crippen LogP contribution is -2.46. The van der Waals surface area contributed by atoms with Crippen LogP contribution in [0.5, 0.6) is 5.75 Å². The zero-order valence-electron chi connectivity index (χ0n) is 15.9. The Morgan fingerprint density at radius 1 is 1.07 bits per heavy atom. The summed E-state index contributed by atoms with van der Waals surface area (Å²) < 4.78 is 11.3. The van der Waals surface area contributed by atoms with Gasteiger partial charge in [0.15, 0.2) is 5.78 Å². The molecule has 3 atom stereocenters. The standard InChI is InChI=1S/C24H20O5/c1-2-28-22(27)24-14-23(24,21(26)18-11-5-6-13-19(18)29-24)20(25)17-12-7-9-15-8-3-4-10-16(15)17/h3-13,21,26H,2,14H2,1H3/t21-,23+,24+/m1/s1. The van der Waals surface area contributed by atoms with E-state index in [1.54, 1.807) is 37.3 Å². The van der Waals surface area contributed by atoms with Crippen molar-refractivity contribution in [2.45, 2.75) is 25.0 Å². The molecule has 1 fully saturated rings. The molecule has 0 aromatic heterocycles. The lowest BCUT2D eigenvalue weighted by Gasteiger charge is -2.34. The minimum absolute atomic E-state index is 0.0801. The first-order chi connectivity index (χ1) is 14.0. The molecule has 0 saturated heterocycles. The molecule has 1 heterocycles. The van der Waals surface area contributed by atoms with E-state index in [9.17, 15) is 14.7 Å². The minimum Gasteiger partial charge on any atom is -0.474 e. The second-order valence-corrected chi connectivity index (χ2v) is 7.59. The van der Waals surface area contributed by atoms with Crippen molar-refractivity contribution in [2.24, 2.45) is 5.41 Å². The van der Waals surface area contributed by atoms with Crippen LogP contribution in [0.3, 0.4) is 0 Å². The smallest absolute Gasteiger partial charge is 0.351 e. The highest BCUT2D eigenvalue weighted by molar-refractivity contribution is 6.16. The largest absolute Gasteiger partial charge is 0.474 e. The molecule has 3 aromatic carbocycles. The highest BCUT2D eigenvalue weighted by atomic mass is 16.6. The normalized spacial score (nSPS) is 26.8. The molecule has 0 radical (unpaired) electrons. The average molecular weight is 388 g/mol. The summed E-state index contributed by atoms with van der Waals surface area (Å²) in [6, 6.07) is 20.0. The maximum absolute atomic E-state index is 13.9. The molecule has 0 spiro atoms. The van der Waals surface area contributed by atoms with Crippen LogP contribution < -0.4 is 4.74 Å². The molecule has 5 heteroatoms. The summed E-state index contributed by atoms with van der Waals surface area (Å²) in [7, 11) is 0. The Morgan fingerprint density at radius 2 is 1.79 bits per heavy atom. The summed E-state index contributed by atoms with van der Waals surface area (Å²) in [5.74, 6) is -0.501. The quantitative estimate of drug-likeness (QED) is 0.543. The molecule has 2 aliphatic rings. The molecule has 3 aromatic rings. The molecule has 1 N–H and O–H groups in total. The molecule has 0 unspecified atom stereocenters. The molecule has 5 nitrogen and oxygen atoms in total. The Labute approximate surface area is 167 Å². The Hall–Kier alpha value is -3.18. The number of para-hydroxylation sites is 1. The van der Waals surface area contributed by atoms with Gasteiger partial charge in [-0.15, -0.1) is 0 Å². The molecular weight excluding hydrogens is 368 g/mol. The van der Waals surface area contributed by atoms with Crippen molar-refractivity contribution < 1.29 is 24.2 Å². The molecule has 0 amide bonds. The van der Waals surface area contributed by atoms with Gasteiger partial charge in [0.2, 0.25) is 5.60 Å². The van der Waals surface area contributed by atoms with E-state index in [0.717, 1.165) is 10.8 Å². The summed E-state index contributed by atoms with van der Waals surface area (Å²) in [6.07, 6.45) is -1.08. The van der Waals surface area contributed by atoms with Crippen molar-refractivity contribution >= 4 is 22.5 Å². The van der Waals surface area contributed by atoms with Gasteiger partial charge >= 0.3 is 5.97 Å². The van der Waals surface area contributed by atoms with Crippen molar-refractivity contribution in [3.8, 4) is 5.75 Å². The van der Waals surface area contributed by atoms with Crippen molar-refractivity contribution in [1.29, 1.82) is 0 Å². The number of esters is 1.